The Kier molecular flexibility index (Phi) is 5.60. The minimum absolute atomic E-state index is 0.194. The zero-order valence-electron chi connectivity index (χ0n) is 12.6. The lowest BCUT2D eigenvalue weighted by atomic mass is 9.91. The van der Waals surface area contributed by atoms with Gasteiger partial charge in [0.1, 0.15) is 0 Å². The van der Waals surface area contributed by atoms with Crippen LogP contribution in [0, 0.1) is 5.92 Å². The first-order chi connectivity index (χ1) is 9.70. The topological polar surface area (TPSA) is 41.1 Å². The van der Waals surface area contributed by atoms with Crippen molar-refractivity contribution in [3.8, 4) is 0 Å². The number of hydrogen-bond donors (Lipinski definition) is 2. The minimum atomic E-state index is 0.194. The second kappa shape index (κ2) is 7.44. The summed E-state index contributed by atoms with van der Waals surface area (Å²) in [6.45, 7) is 6.36. The number of benzene rings is 1. The van der Waals surface area contributed by atoms with Crippen LogP contribution in [0.4, 0.5) is 0 Å². The average molecular weight is 274 g/mol. The van der Waals surface area contributed by atoms with Crippen LogP contribution in [-0.4, -0.2) is 25.0 Å². The summed E-state index contributed by atoms with van der Waals surface area (Å²) in [7, 11) is 0. The van der Waals surface area contributed by atoms with E-state index in [-0.39, 0.29) is 5.91 Å². The van der Waals surface area contributed by atoms with E-state index in [0.717, 1.165) is 25.9 Å². The zero-order chi connectivity index (χ0) is 14.4. The van der Waals surface area contributed by atoms with E-state index < -0.39 is 0 Å². The fraction of sp³-hybridized carbons (Fsp3) is 0.588. The van der Waals surface area contributed by atoms with Crippen LogP contribution in [0.1, 0.15) is 44.6 Å². The van der Waals surface area contributed by atoms with E-state index in [2.05, 4.69) is 36.6 Å². The molecule has 0 aromatic heterocycles. The number of hydrogen-bond acceptors (Lipinski definition) is 2. The molecule has 0 saturated carbocycles. The van der Waals surface area contributed by atoms with Gasteiger partial charge in [0.25, 0.3) is 0 Å². The first-order valence-corrected chi connectivity index (χ1v) is 7.75. The van der Waals surface area contributed by atoms with Crippen LogP contribution in [0.15, 0.2) is 30.3 Å². The highest BCUT2D eigenvalue weighted by Gasteiger charge is 2.23. The Bertz CT molecular complexity index is 418. The zero-order valence-corrected chi connectivity index (χ0v) is 12.6. The highest BCUT2D eigenvalue weighted by Crippen LogP contribution is 2.23. The monoisotopic (exact) mass is 274 g/mol. The molecule has 1 saturated heterocycles. The summed E-state index contributed by atoms with van der Waals surface area (Å²) in [5.74, 6) is 1.04. The minimum Gasteiger partial charge on any atom is -0.353 e. The van der Waals surface area contributed by atoms with Crippen LogP contribution in [0.2, 0.25) is 0 Å². The van der Waals surface area contributed by atoms with Crippen molar-refractivity contribution in [2.45, 2.75) is 45.1 Å². The predicted molar refractivity (Wildman–Crippen MR) is 82.7 cm³/mol. The Morgan fingerprint density at radius 3 is 2.80 bits per heavy atom. The van der Waals surface area contributed by atoms with E-state index >= 15 is 0 Å². The smallest absolute Gasteiger partial charge is 0.220 e. The van der Waals surface area contributed by atoms with Crippen LogP contribution in [0.25, 0.3) is 0 Å². The molecule has 1 fully saturated rings. The molecule has 2 N–H and O–H groups in total. The second-order valence-corrected chi connectivity index (χ2v) is 5.86. The molecule has 0 radical (unpaired) electrons. The fourth-order valence-corrected chi connectivity index (χ4v) is 2.94. The van der Waals surface area contributed by atoms with Gasteiger partial charge >= 0.3 is 0 Å². The van der Waals surface area contributed by atoms with E-state index in [9.17, 15) is 4.79 Å². The molecule has 0 bridgehead atoms. The molecule has 1 amide bonds. The molecule has 110 valence electrons. The Balaban J connectivity index is 1.89. The van der Waals surface area contributed by atoms with E-state index in [4.69, 9.17) is 0 Å². The van der Waals surface area contributed by atoms with Crippen molar-refractivity contribution in [3.05, 3.63) is 35.9 Å². The lowest BCUT2D eigenvalue weighted by Gasteiger charge is -2.30. The largest absolute Gasteiger partial charge is 0.353 e. The Morgan fingerprint density at radius 2 is 2.15 bits per heavy atom. The fourth-order valence-electron chi connectivity index (χ4n) is 2.94. The standard InChI is InChI=1S/C17H26N2O/c1-3-14(15-7-5-4-6-8-15)11-17(20)19-16-9-10-18-12-13(16)2/h4-8,13-14,16,18H,3,9-12H2,1-2H3,(H,19,20). The maximum Gasteiger partial charge on any atom is 0.220 e. The molecular formula is C17H26N2O. The summed E-state index contributed by atoms with van der Waals surface area (Å²) < 4.78 is 0. The summed E-state index contributed by atoms with van der Waals surface area (Å²) in [5.41, 5.74) is 1.27. The molecule has 1 aromatic carbocycles. The van der Waals surface area contributed by atoms with Gasteiger partial charge in [-0.2, -0.15) is 0 Å². The highest BCUT2D eigenvalue weighted by molar-refractivity contribution is 5.77. The molecule has 3 atom stereocenters. The number of nitrogens with one attached hydrogen (secondary N) is 2. The van der Waals surface area contributed by atoms with Gasteiger partial charge in [-0.05, 0) is 43.3 Å². The summed E-state index contributed by atoms with van der Waals surface area (Å²) in [4.78, 5) is 12.3. The van der Waals surface area contributed by atoms with E-state index in [1.54, 1.807) is 0 Å². The van der Waals surface area contributed by atoms with Gasteiger partial charge in [-0.1, -0.05) is 44.2 Å². The molecule has 1 heterocycles. The lowest BCUT2D eigenvalue weighted by Crippen LogP contribution is -2.48. The van der Waals surface area contributed by atoms with Gasteiger partial charge < -0.3 is 10.6 Å². The van der Waals surface area contributed by atoms with Crippen LogP contribution in [0.5, 0.6) is 0 Å². The molecular weight excluding hydrogens is 248 g/mol. The number of piperidine rings is 1. The number of carbonyl (C=O) groups is 1. The van der Waals surface area contributed by atoms with Crippen LogP contribution < -0.4 is 10.6 Å². The maximum atomic E-state index is 12.3. The molecule has 20 heavy (non-hydrogen) atoms. The van der Waals surface area contributed by atoms with E-state index in [1.807, 2.05) is 18.2 Å². The van der Waals surface area contributed by atoms with Crippen LogP contribution in [-0.2, 0) is 4.79 Å². The Labute approximate surface area is 122 Å². The number of carbonyl (C=O) groups excluding carboxylic acids is 1. The van der Waals surface area contributed by atoms with Crippen molar-refractivity contribution < 1.29 is 4.79 Å². The number of amides is 1. The lowest BCUT2D eigenvalue weighted by molar-refractivity contribution is -0.122. The van der Waals surface area contributed by atoms with E-state index in [1.165, 1.54) is 5.56 Å². The first kappa shape index (κ1) is 15.0. The quantitative estimate of drug-likeness (QED) is 0.867. The maximum absolute atomic E-state index is 12.3. The van der Waals surface area contributed by atoms with Crippen LogP contribution >= 0.6 is 0 Å². The third kappa shape index (κ3) is 4.07. The third-order valence-electron chi connectivity index (χ3n) is 4.33. The average Bonchev–Trinajstić information content (AvgIpc) is 2.48. The molecule has 3 nitrogen and oxygen atoms in total. The van der Waals surface area contributed by atoms with Gasteiger partial charge in [0.15, 0.2) is 0 Å². The normalized spacial score (nSPS) is 24.1. The molecule has 0 aliphatic carbocycles. The molecule has 1 aromatic rings. The summed E-state index contributed by atoms with van der Waals surface area (Å²) in [6.07, 6.45) is 2.63. The molecule has 2 rings (SSSR count). The molecule has 0 spiro atoms. The second-order valence-electron chi connectivity index (χ2n) is 5.86. The molecule has 3 unspecified atom stereocenters. The summed E-state index contributed by atoms with van der Waals surface area (Å²) in [6, 6.07) is 10.7. The highest BCUT2D eigenvalue weighted by atomic mass is 16.1. The van der Waals surface area contributed by atoms with Gasteiger partial charge in [0.2, 0.25) is 5.91 Å². The Morgan fingerprint density at radius 1 is 1.40 bits per heavy atom. The third-order valence-corrected chi connectivity index (χ3v) is 4.33. The van der Waals surface area contributed by atoms with Gasteiger partial charge in [-0.15, -0.1) is 0 Å². The van der Waals surface area contributed by atoms with Crippen LogP contribution in [0.3, 0.4) is 0 Å². The van der Waals surface area contributed by atoms with Gasteiger partial charge in [-0.25, -0.2) is 0 Å². The van der Waals surface area contributed by atoms with Gasteiger partial charge in [0.05, 0.1) is 0 Å². The Hall–Kier alpha value is -1.35. The molecule has 1 aliphatic heterocycles. The summed E-state index contributed by atoms with van der Waals surface area (Å²) in [5, 5.41) is 6.59. The van der Waals surface area contributed by atoms with E-state index in [0.29, 0.717) is 24.3 Å². The molecule has 1 aliphatic rings. The SMILES string of the molecule is CCC(CC(=O)NC1CCNCC1C)c1ccccc1. The van der Waals surface area contributed by atoms with Crippen molar-refractivity contribution in [2.24, 2.45) is 5.92 Å². The van der Waals surface area contributed by atoms with Gasteiger partial charge in [-0.3, -0.25) is 4.79 Å². The summed E-state index contributed by atoms with van der Waals surface area (Å²) >= 11 is 0. The van der Waals surface area contributed by atoms with Crippen molar-refractivity contribution in [2.75, 3.05) is 13.1 Å². The first-order valence-electron chi connectivity index (χ1n) is 7.75. The van der Waals surface area contributed by atoms with Crippen molar-refractivity contribution in [1.82, 2.24) is 10.6 Å². The molecule has 3 heteroatoms. The number of rotatable bonds is 5. The predicted octanol–water partition coefficient (Wildman–Crippen LogP) is 2.68. The van der Waals surface area contributed by atoms with Crippen molar-refractivity contribution >= 4 is 5.91 Å². The van der Waals surface area contributed by atoms with Crippen molar-refractivity contribution in [3.63, 3.8) is 0 Å². The van der Waals surface area contributed by atoms with Crippen molar-refractivity contribution in [1.29, 1.82) is 0 Å². The van der Waals surface area contributed by atoms with Gasteiger partial charge in [0, 0.05) is 12.5 Å².